The van der Waals surface area contributed by atoms with E-state index in [1.165, 1.54) is 24.1 Å². The minimum atomic E-state index is 0.693. The largest absolute Gasteiger partial charge is 0.354 e. The molecule has 0 radical (unpaired) electrons. The van der Waals surface area contributed by atoms with Gasteiger partial charge in [0, 0.05) is 38.3 Å². The lowest BCUT2D eigenvalue weighted by Gasteiger charge is -2.40. The van der Waals surface area contributed by atoms with Crippen LogP contribution in [0.4, 0.5) is 5.82 Å². The number of fused-ring (bicyclic) bond motifs is 1. The van der Waals surface area contributed by atoms with E-state index in [9.17, 15) is 0 Å². The van der Waals surface area contributed by atoms with Gasteiger partial charge in [0.05, 0.1) is 11.4 Å². The summed E-state index contributed by atoms with van der Waals surface area (Å²) in [6, 6.07) is 8.28. The van der Waals surface area contributed by atoms with Gasteiger partial charge in [-0.25, -0.2) is 0 Å². The number of hydrogen-bond donors (Lipinski definition) is 1. The molecule has 2 aromatic heterocycles. The molecule has 0 aromatic carbocycles. The first-order valence-corrected chi connectivity index (χ1v) is 8.09. The zero-order chi connectivity index (χ0) is 14.8. The number of anilines is 1. The second-order valence-corrected chi connectivity index (χ2v) is 6.25. The molecule has 2 aliphatic rings. The van der Waals surface area contributed by atoms with Crippen LogP contribution in [-0.2, 0) is 19.4 Å². The topological polar surface area (TPSA) is 53.9 Å². The molecule has 1 fully saturated rings. The minimum absolute atomic E-state index is 0.693. The molecule has 0 atom stereocenters. The molecular formula is C17H21N5. The predicted octanol–water partition coefficient (Wildman–Crippen LogP) is 1.59. The molecule has 0 saturated carbocycles. The fourth-order valence-electron chi connectivity index (χ4n) is 3.26. The van der Waals surface area contributed by atoms with Crippen LogP contribution in [0.1, 0.15) is 23.4 Å². The second-order valence-electron chi connectivity index (χ2n) is 6.25. The number of rotatable bonds is 5. The maximum absolute atomic E-state index is 4.38. The molecule has 22 heavy (non-hydrogen) atoms. The predicted molar refractivity (Wildman–Crippen MR) is 85.7 cm³/mol. The Morgan fingerprint density at radius 3 is 3.00 bits per heavy atom. The second kappa shape index (κ2) is 6.01. The number of aromatic nitrogens is 3. The van der Waals surface area contributed by atoms with Gasteiger partial charge >= 0.3 is 0 Å². The Labute approximate surface area is 130 Å². The summed E-state index contributed by atoms with van der Waals surface area (Å²) in [4.78, 5) is 6.66. The fraction of sp³-hybridized carbons (Fsp3) is 0.471. The standard InChI is InChI=1S/C17H21N5/c1-2-7-19-15(5-1)10-18-9-13-11-22(12-13)17-8-14-4-3-6-16(14)20-21-17/h1-2,5,7-8,13,18H,3-4,6,9-12H2. The summed E-state index contributed by atoms with van der Waals surface area (Å²) >= 11 is 0. The van der Waals surface area contributed by atoms with Crippen molar-refractivity contribution in [2.24, 2.45) is 5.92 Å². The van der Waals surface area contributed by atoms with Crippen LogP contribution in [0.5, 0.6) is 0 Å². The van der Waals surface area contributed by atoms with Crippen LogP contribution < -0.4 is 10.2 Å². The summed E-state index contributed by atoms with van der Waals surface area (Å²) in [5, 5.41) is 12.2. The van der Waals surface area contributed by atoms with E-state index in [2.05, 4.69) is 37.5 Å². The lowest BCUT2D eigenvalue weighted by atomic mass is 10.00. The van der Waals surface area contributed by atoms with Crippen molar-refractivity contribution in [2.45, 2.75) is 25.8 Å². The first-order chi connectivity index (χ1) is 10.9. The third kappa shape index (κ3) is 2.81. The van der Waals surface area contributed by atoms with Gasteiger partial charge in [-0.05, 0) is 43.0 Å². The van der Waals surface area contributed by atoms with E-state index in [1.807, 2.05) is 18.3 Å². The van der Waals surface area contributed by atoms with Crippen molar-refractivity contribution >= 4 is 5.82 Å². The maximum atomic E-state index is 4.38. The van der Waals surface area contributed by atoms with Gasteiger partial charge in [-0.3, -0.25) is 4.98 Å². The Balaban J connectivity index is 1.24. The smallest absolute Gasteiger partial charge is 0.151 e. The highest BCUT2D eigenvalue weighted by Crippen LogP contribution is 2.26. The number of aryl methyl sites for hydroxylation is 2. The van der Waals surface area contributed by atoms with Gasteiger partial charge in [0.1, 0.15) is 0 Å². The molecule has 1 N–H and O–H groups in total. The van der Waals surface area contributed by atoms with Gasteiger partial charge in [0.25, 0.3) is 0 Å². The Bertz CT molecular complexity index is 637. The molecule has 5 nitrogen and oxygen atoms in total. The third-order valence-electron chi connectivity index (χ3n) is 4.55. The van der Waals surface area contributed by atoms with Gasteiger partial charge in [-0.1, -0.05) is 6.07 Å². The van der Waals surface area contributed by atoms with Crippen LogP contribution in [0.3, 0.4) is 0 Å². The highest BCUT2D eigenvalue weighted by atomic mass is 15.3. The average molecular weight is 295 g/mol. The van der Waals surface area contributed by atoms with Crippen molar-refractivity contribution in [2.75, 3.05) is 24.5 Å². The van der Waals surface area contributed by atoms with Gasteiger partial charge in [-0.2, -0.15) is 5.10 Å². The summed E-state index contributed by atoms with van der Waals surface area (Å²) in [6.45, 7) is 4.02. The molecule has 1 aliphatic heterocycles. The van der Waals surface area contributed by atoms with Gasteiger partial charge in [0.15, 0.2) is 5.82 Å². The monoisotopic (exact) mass is 295 g/mol. The molecule has 0 bridgehead atoms. The van der Waals surface area contributed by atoms with E-state index in [0.29, 0.717) is 5.92 Å². The Kier molecular flexibility index (Phi) is 3.72. The van der Waals surface area contributed by atoms with Crippen molar-refractivity contribution in [1.29, 1.82) is 0 Å². The summed E-state index contributed by atoms with van der Waals surface area (Å²) in [5.41, 5.74) is 3.71. The molecule has 2 aromatic rings. The van der Waals surface area contributed by atoms with Crippen LogP contribution in [0.15, 0.2) is 30.5 Å². The zero-order valence-corrected chi connectivity index (χ0v) is 12.7. The van der Waals surface area contributed by atoms with Crippen molar-refractivity contribution in [3.63, 3.8) is 0 Å². The summed E-state index contributed by atoms with van der Waals surface area (Å²) in [6.07, 6.45) is 5.34. The van der Waals surface area contributed by atoms with Gasteiger partial charge in [-0.15, -0.1) is 5.10 Å². The van der Waals surface area contributed by atoms with E-state index in [-0.39, 0.29) is 0 Å². The number of nitrogens with zero attached hydrogens (tertiary/aromatic N) is 4. The van der Waals surface area contributed by atoms with E-state index in [1.54, 1.807) is 0 Å². The highest BCUT2D eigenvalue weighted by molar-refractivity contribution is 5.45. The van der Waals surface area contributed by atoms with Gasteiger partial charge in [0.2, 0.25) is 0 Å². The number of pyridine rings is 1. The fourth-order valence-corrected chi connectivity index (χ4v) is 3.26. The summed E-state index contributed by atoms with van der Waals surface area (Å²) < 4.78 is 0. The van der Waals surface area contributed by atoms with Gasteiger partial charge < -0.3 is 10.2 Å². The number of hydrogen-bond acceptors (Lipinski definition) is 5. The Hall–Kier alpha value is -2.01. The van der Waals surface area contributed by atoms with Crippen LogP contribution >= 0.6 is 0 Å². The molecule has 0 amide bonds. The molecule has 114 valence electrons. The molecule has 3 heterocycles. The van der Waals surface area contributed by atoms with E-state index < -0.39 is 0 Å². The average Bonchev–Trinajstić information content (AvgIpc) is 2.98. The quantitative estimate of drug-likeness (QED) is 0.908. The lowest BCUT2D eigenvalue weighted by Crippen LogP contribution is -2.51. The molecule has 0 spiro atoms. The van der Waals surface area contributed by atoms with E-state index in [0.717, 1.165) is 44.1 Å². The first-order valence-electron chi connectivity index (χ1n) is 8.09. The van der Waals surface area contributed by atoms with Crippen LogP contribution in [0, 0.1) is 5.92 Å². The van der Waals surface area contributed by atoms with Crippen LogP contribution in [0.2, 0.25) is 0 Å². The SMILES string of the molecule is c1ccc(CNCC2CN(c3cc4c(nn3)CCC4)C2)nc1. The zero-order valence-electron chi connectivity index (χ0n) is 12.7. The highest BCUT2D eigenvalue weighted by Gasteiger charge is 2.28. The van der Waals surface area contributed by atoms with Crippen LogP contribution in [0.25, 0.3) is 0 Å². The van der Waals surface area contributed by atoms with E-state index in [4.69, 9.17) is 0 Å². The first kappa shape index (κ1) is 13.6. The molecular weight excluding hydrogens is 274 g/mol. The van der Waals surface area contributed by atoms with Crippen molar-refractivity contribution in [3.8, 4) is 0 Å². The third-order valence-corrected chi connectivity index (χ3v) is 4.55. The van der Waals surface area contributed by atoms with Crippen LogP contribution in [-0.4, -0.2) is 34.8 Å². The van der Waals surface area contributed by atoms with Crippen molar-refractivity contribution < 1.29 is 0 Å². The summed E-state index contributed by atoms with van der Waals surface area (Å²) in [5.74, 6) is 1.75. The maximum Gasteiger partial charge on any atom is 0.151 e. The minimum Gasteiger partial charge on any atom is -0.354 e. The Morgan fingerprint density at radius 1 is 1.18 bits per heavy atom. The number of nitrogens with one attached hydrogen (secondary N) is 1. The molecule has 1 aliphatic carbocycles. The molecule has 1 saturated heterocycles. The van der Waals surface area contributed by atoms with Crippen molar-refractivity contribution in [1.82, 2.24) is 20.5 Å². The van der Waals surface area contributed by atoms with Crippen molar-refractivity contribution in [3.05, 3.63) is 47.4 Å². The molecule has 4 rings (SSSR count). The summed E-state index contributed by atoms with van der Waals surface area (Å²) in [7, 11) is 0. The lowest BCUT2D eigenvalue weighted by molar-refractivity contribution is 0.380. The normalized spacial score (nSPS) is 17.4. The van der Waals surface area contributed by atoms with E-state index >= 15 is 0 Å². The Morgan fingerprint density at radius 2 is 2.14 bits per heavy atom. The molecule has 5 heteroatoms. The molecule has 0 unspecified atom stereocenters.